The van der Waals surface area contributed by atoms with Gasteiger partial charge in [0, 0.05) is 17.3 Å². The second-order valence-electron chi connectivity index (χ2n) is 4.10. The predicted octanol–water partition coefficient (Wildman–Crippen LogP) is 4.41. The quantitative estimate of drug-likeness (QED) is 0.892. The van der Waals surface area contributed by atoms with Crippen LogP contribution in [-0.2, 0) is 6.18 Å². The van der Waals surface area contributed by atoms with E-state index in [1.54, 1.807) is 0 Å². The van der Waals surface area contributed by atoms with Crippen molar-refractivity contribution in [2.24, 2.45) is 0 Å². The summed E-state index contributed by atoms with van der Waals surface area (Å²) in [6, 6.07) is 4.72. The third-order valence-electron chi connectivity index (χ3n) is 2.60. The molecule has 1 aromatic carbocycles. The summed E-state index contributed by atoms with van der Waals surface area (Å²) < 4.78 is 39.1. The molecule has 0 radical (unpaired) electrons. The molecular weight excluding hydrogens is 342 g/mol. The molecule has 0 amide bonds. The van der Waals surface area contributed by atoms with E-state index in [1.165, 1.54) is 18.2 Å². The van der Waals surface area contributed by atoms with E-state index in [4.69, 9.17) is 23.2 Å². The van der Waals surface area contributed by atoms with Crippen LogP contribution in [0.2, 0.25) is 10.0 Å². The highest BCUT2D eigenvalue weighted by Gasteiger charge is 2.34. The lowest BCUT2D eigenvalue weighted by Gasteiger charge is -2.14. The van der Waals surface area contributed by atoms with Gasteiger partial charge in [0.2, 0.25) is 5.95 Å². The molecule has 1 heterocycles. The highest BCUT2D eigenvalue weighted by atomic mass is 35.5. The van der Waals surface area contributed by atoms with Gasteiger partial charge in [-0.2, -0.15) is 13.2 Å². The molecule has 0 spiro atoms. The first kappa shape index (κ1) is 16.4. The van der Waals surface area contributed by atoms with E-state index in [0.29, 0.717) is 11.1 Å². The second kappa shape index (κ2) is 6.02. The lowest BCUT2D eigenvalue weighted by Crippen LogP contribution is -2.23. The first-order valence-electron chi connectivity index (χ1n) is 5.78. The Balaban J connectivity index is 2.55. The van der Waals surface area contributed by atoms with Crippen molar-refractivity contribution < 1.29 is 13.2 Å². The van der Waals surface area contributed by atoms with E-state index in [2.05, 4.69) is 16.9 Å². The molecule has 0 atom stereocenters. The molecular formula is C13H8Cl2F3N3O. The predicted molar refractivity (Wildman–Crippen MR) is 79.6 cm³/mol. The van der Waals surface area contributed by atoms with Gasteiger partial charge in [0.25, 0.3) is 5.56 Å². The summed E-state index contributed by atoms with van der Waals surface area (Å²) in [6.07, 6.45) is -3.71. The highest BCUT2D eigenvalue weighted by molar-refractivity contribution is 6.36. The fraction of sp³-hybridized carbons (Fsp3) is 0.0769. The Morgan fingerprint density at radius 2 is 1.95 bits per heavy atom. The number of anilines is 2. The van der Waals surface area contributed by atoms with E-state index >= 15 is 0 Å². The maximum Gasteiger partial charge on any atom is 0.433 e. The van der Waals surface area contributed by atoms with Gasteiger partial charge in [-0.1, -0.05) is 29.8 Å². The molecule has 9 heteroatoms. The number of nitrogens with zero attached hydrogens (tertiary/aromatic N) is 2. The first-order chi connectivity index (χ1) is 10.2. The fourth-order valence-electron chi connectivity index (χ4n) is 1.61. The fourth-order valence-corrected chi connectivity index (χ4v) is 2.07. The van der Waals surface area contributed by atoms with Crippen LogP contribution in [0.15, 0.2) is 35.6 Å². The zero-order chi connectivity index (χ0) is 16.5. The van der Waals surface area contributed by atoms with Gasteiger partial charge < -0.3 is 5.32 Å². The molecule has 0 saturated carbocycles. The van der Waals surface area contributed by atoms with Crippen molar-refractivity contribution in [2.45, 2.75) is 6.18 Å². The molecule has 0 aliphatic heterocycles. The topological polar surface area (TPSA) is 46.9 Å². The maximum atomic E-state index is 12.7. The molecule has 4 nitrogen and oxygen atoms in total. The number of hydrogen-bond acceptors (Lipinski definition) is 3. The summed E-state index contributed by atoms with van der Waals surface area (Å²) in [5.74, 6) is -0.362. The lowest BCUT2D eigenvalue weighted by atomic mass is 10.3. The van der Waals surface area contributed by atoms with Crippen molar-refractivity contribution in [1.29, 1.82) is 0 Å². The third kappa shape index (κ3) is 3.42. The van der Waals surface area contributed by atoms with Crippen LogP contribution in [0.25, 0.3) is 6.20 Å². The largest absolute Gasteiger partial charge is 0.433 e. The summed E-state index contributed by atoms with van der Waals surface area (Å²) in [5, 5.41) is 3.08. The molecule has 2 aromatic rings. The molecule has 0 aliphatic carbocycles. The van der Waals surface area contributed by atoms with Crippen LogP contribution in [0.5, 0.6) is 0 Å². The van der Waals surface area contributed by atoms with Crippen LogP contribution < -0.4 is 10.9 Å². The molecule has 2 rings (SSSR count). The number of alkyl halides is 3. The molecule has 0 fully saturated rings. The van der Waals surface area contributed by atoms with Gasteiger partial charge >= 0.3 is 6.18 Å². The Morgan fingerprint density at radius 3 is 2.50 bits per heavy atom. The third-order valence-corrected chi connectivity index (χ3v) is 3.15. The van der Waals surface area contributed by atoms with E-state index in [1.807, 2.05) is 0 Å². The Hall–Kier alpha value is -1.99. The Labute approximate surface area is 132 Å². The SMILES string of the molecule is C=Cn1c(Nc2ccc(Cl)cc2Cl)nc(C(F)(F)F)cc1=O. The second-order valence-corrected chi connectivity index (χ2v) is 4.95. The molecule has 0 bridgehead atoms. The van der Waals surface area contributed by atoms with Gasteiger partial charge in [-0.25, -0.2) is 4.98 Å². The van der Waals surface area contributed by atoms with Gasteiger partial charge in [-0.3, -0.25) is 9.36 Å². The van der Waals surface area contributed by atoms with E-state index in [0.717, 1.165) is 10.8 Å². The molecule has 1 aromatic heterocycles. The Kier molecular flexibility index (Phi) is 4.48. The summed E-state index contributed by atoms with van der Waals surface area (Å²) in [6.45, 7) is 3.37. The normalized spacial score (nSPS) is 11.3. The van der Waals surface area contributed by atoms with Crippen molar-refractivity contribution in [3.05, 3.63) is 56.9 Å². The van der Waals surface area contributed by atoms with Gasteiger partial charge in [-0.05, 0) is 18.2 Å². The molecule has 116 valence electrons. The number of hydrogen-bond donors (Lipinski definition) is 1. The summed E-state index contributed by atoms with van der Waals surface area (Å²) in [5.41, 5.74) is -2.00. The summed E-state index contributed by atoms with van der Waals surface area (Å²) in [7, 11) is 0. The van der Waals surface area contributed by atoms with Crippen molar-refractivity contribution >= 4 is 41.0 Å². The Morgan fingerprint density at radius 1 is 1.27 bits per heavy atom. The molecule has 0 unspecified atom stereocenters. The molecule has 0 saturated heterocycles. The summed E-state index contributed by atoms with van der Waals surface area (Å²) in [4.78, 5) is 15.1. The van der Waals surface area contributed by atoms with E-state index < -0.39 is 17.4 Å². The maximum absolute atomic E-state index is 12.7. The van der Waals surface area contributed by atoms with Crippen LogP contribution >= 0.6 is 23.2 Å². The van der Waals surface area contributed by atoms with Crippen molar-refractivity contribution in [3.63, 3.8) is 0 Å². The van der Waals surface area contributed by atoms with Crippen LogP contribution in [0.4, 0.5) is 24.8 Å². The average molecular weight is 350 g/mol. The number of halogens is 5. The number of aromatic nitrogens is 2. The van der Waals surface area contributed by atoms with Crippen molar-refractivity contribution in [3.8, 4) is 0 Å². The van der Waals surface area contributed by atoms with Crippen LogP contribution in [0.3, 0.4) is 0 Å². The van der Waals surface area contributed by atoms with Crippen LogP contribution in [-0.4, -0.2) is 9.55 Å². The monoisotopic (exact) mass is 349 g/mol. The number of nitrogens with one attached hydrogen (secondary N) is 1. The van der Waals surface area contributed by atoms with Crippen LogP contribution in [0.1, 0.15) is 5.69 Å². The zero-order valence-corrected chi connectivity index (χ0v) is 12.3. The number of benzene rings is 1. The number of rotatable bonds is 3. The van der Waals surface area contributed by atoms with Gasteiger partial charge in [0.15, 0.2) is 5.69 Å². The minimum Gasteiger partial charge on any atom is -0.324 e. The zero-order valence-electron chi connectivity index (χ0n) is 10.8. The highest BCUT2D eigenvalue weighted by Crippen LogP contribution is 2.30. The standard InChI is InChI=1S/C13H8Cl2F3N3O/c1-2-21-11(22)6-10(13(16,17)18)20-12(21)19-9-4-3-7(14)5-8(9)15/h2-6H,1H2,(H,19,20). The van der Waals surface area contributed by atoms with Gasteiger partial charge in [0.1, 0.15) is 0 Å². The van der Waals surface area contributed by atoms with Gasteiger partial charge in [0.05, 0.1) is 10.7 Å². The summed E-state index contributed by atoms with van der Waals surface area (Å²) >= 11 is 11.7. The van der Waals surface area contributed by atoms with E-state index in [-0.39, 0.29) is 16.7 Å². The molecule has 22 heavy (non-hydrogen) atoms. The molecule has 1 N–H and O–H groups in total. The first-order valence-corrected chi connectivity index (χ1v) is 6.53. The van der Waals surface area contributed by atoms with Gasteiger partial charge in [-0.15, -0.1) is 0 Å². The lowest BCUT2D eigenvalue weighted by molar-refractivity contribution is -0.141. The van der Waals surface area contributed by atoms with Crippen molar-refractivity contribution in [2.75, 3.05) is 5.32 Å². The average Bonchev–Trinajstić information content (AvgIpc) is 2.40. The molecule has 0 aliphatic rings. The smallest absolute Gasteiger partial charge is 0.324 e. The van der Waals surface area contributed by atoms with Crippen LogP contribution in [0, 0.1) is 0 Å². The van der Waals surface area contributed by atoms with Crippen molar-refractivity contribution in [1.82, 2.24) is 9.55 Å². The Bertz CT molecular complexity index is 787. The minimum absolute atomic E-state index is 0.162. The van der Waals surface area contributed by atoms with E-state index in [9.17, 15) is 18.0 Å². The minimum atomic E-state index is -4.75.